The molecule has 1 aliphatic heterocycles. The highest BCUT2D eigenvalue weighted by molar-refractivity contribution is 7.09. The average Bonchev–Trinajstić information content (AvgIpc) is 3.06. The predicted molar refractivity (Wildman–Crippen MR) is 110 cm³/mol. The highest BCUT2D eigenvalue weighted by Gasteiger charge is 2.47. The molecule has 0 N–H and O–H groups in total. The standard InChI is InChI=1S/C20H21ClFN3O3S/c1-5-28-19(27)16-11(2)25(13(4)26)18(15-10-29-12(3)23-15)24-17(16)14-8-6-7-9-20(14,21)22/h6-10,14,17H,5H2,1-4H3. The molecule has 154 valence electrons. The van der Waals surface area contributed by atoms with Gasteiger partial charge in [-0.2, -0.15) is 0 Å². The molecule has 1 amide bonds. The summed E-state index contributed by atoms with van der Waals surface area (Å²) in [5.74, 6) is -1.71. The van der Waals surface area contributed by atoms with Gasteiger partial charge in [0.2, 0.25) is 11.0 Å². The Bertz CT molecular complexity index is 964. The van der Waals surface area contributed by atoms with Crippen LogP contribution in [0.3, 0.4) is 0 Å². The Morgan fingerprint density at radius 3 is 2.66 bits per heavy atom. The molecule has 0 fully saturated rings. The molecule has 1 aliphatic carbocycles. The Labute approximate surface area is 177 Å². The molecule has 0 aromatic carbocycles. The highest BCUT2D eigenvalue weighted by Crippen LogP contribution is 2.41. The molecule has 0 spiro atoms. The van der Waals surface area contributed by atoms with E-state index in [0.717, 1.165) is 5.01 Å². The van der Waals surface area contributed by atoms with Gasteiger partial charge in [0.25, 0.3) is 0 Å². The molecular weight excluding hydrogens is 417 g/mol. The van der Waals surface area contributed by atoms with Crippen molar-refractivity contribution in [2.45, 2.75) is 38.9 Å². The third kappa shape index (κ3) is 4.04. The fraction of sp³-hybridized carbons (Fsp3) is 0.400. The summed E-state index contributed by atoms with van der Waals surface area (Å²) in [5.41, 5.74) is 0.904. The summed E-state index contributed by atoms with van der Waals surface area (Å²) in [6, 6.07) is -0.981. The van der Waals surface area contributed by atoms with Crippen molar-refractivity contribution in [3.8, 4) is 0 Å². The Hall–Kier alpha value is -2.32. The Balaban J connectivity index is 2.21. The number of hydrogen-bond donors (Lipinski definition) is 0. The number of nitrogens with zero attached hydrogens (tertiary/aromatic N) is 3. The van der Waals surface area contributed by atoms with Crippen molar-refractivity contribution in [3.63, 3.8) is 0 Å². The normalized spacial score (nSPS) is 26.6. The van der Waals surface area contributed by atoms with E-state index >= 15 is 4.39 Å². The number of carbonyl (C=O) groups excluding carboxylic acids is 2. The first kappa shape index (κ1) is 21.4. The van der Waals surface area contributed by atoms with Gasteiger partial charge in [-0.25, -0.2) is 14.2 Å². The summed E-state index contributed by atoms with van der Waals surface area (Å²) >= 11 is 7.52. The van der Waals surface area contributed by atoms with Gasteiger partial charge in [0.1, 0.15) is 5.69 Å². The molecule has 1 aromatic rings. The number of thiazole rings is 1. The predicted octanol–water partition coefficient (Wildman–Crippen LogP) is 3.91. The number of aliphatic imine (C=N–C) groups is 1. The third-order valence-corrected chi connectivity index (χ3v) is 5.84. The van der Waals surface area contributed by atoms with Gasteiger partial charge in [0.15, 0.2) is 5.84 Å². The van der Waals surface area contributed by atoms with Crippen molar-refractivity contribution < 1.29 is 18.7 Å². The van der Waals surface area contributed by atoms with E-state index in [9.17, 15) is 9.59 Å². The lowest BCUT2D eigenvalue weighted by molar-refractivity contribution is -0.139. The van der Waals surface area contributed by atoms with Gasteiger partial charge in [-0.15, -0.1) is 11.3 Å². The van der Waals surface area contributed by atoms with E-state index in [1.165, 1.54) is 35.3 Å². The van der Waals surface area contributed by atoms with Crippen molar-refractivity contribution >= 4 is 40.6 Å². The van der Waals surface area contributed by atoms with Crippen LogP contribution in [0.5, 0.6) is 0 Å². The van der Waals surface area contributed by atoms with Crippen LogP contribution in [0.1, 0.15) is 31.5 Å². The minimum Gasteiger partial charge on any atom is -0.463 e. The first-order valence-electron chi connectivity index (χ1n) is 9.10. The second kappa shape index (κ2) is 8.20. The zero-order chi connectivity index (χ0) is 21.3. The quantitative estimate of drug-likeness (QED) is 0.528. The number of hydrogen-bond acceptors (Lipinski definition) is 6. The second-order valence-electron chi connectivity index (χ2n) is 6.67. The summed E-state index contributed by atoms with van der Waals surface area (Å²) < 4.78 is 20.3. The number of carbonyl (C=O) groups is 2. The zero-order valence-electron chi connectivity index (χ0n) is 16.5. The third-order valence-electron chi connectivity index (χ3n) is 4.69. The summed E-state index contributed by atoms with van der Waals surface area (Å²) in [6.07, 6.45) is 5.95. The van der Waals surface area contributed by atoms with Crippen molar-refractivity contribution in [3.05, 3.63) is 51.7 Å². The Morgan fingerprint density at radius 1 is 1.38 bits per heavy atom. The van der Waals surface area contributed by atoms with E-state index in [2.05, 4.69) is 9.98 Å². The molecule has 0 radical (unpaired) electrons. The van der Waals surface area contributed by atoms with Crippen molar-refractivity contribution in [1.82, 2.24) is 9.88 Å². The van der Waals surface area contributed by atoms with Gasteiger partial charge >= 0.3 is 5.97 Å². The first-order valence-corrected chi connectivity index (χ1v) is 10.4. The van der Waals surface area contributed by atoms with Gasteiger partial charge in [0.05, 0.1) is 29.1 Å². The van der Waals surface area contributed by atoms with Gasteiger partial charge in [-0.05, 0) is 26.8 Å². The number of amidine groups is 1. The maximum atomic E-state index is 15.1. The smallest absolute Gasteiger partial charge is 0.338 e. The van der Waals surface area contributed by atoms with Crippen LogP contribution >= 0.6 is 22.9 Å². The average molecular weight is 438 g/mol. The molecule has 2 aliphatic rings. The van der Waals surface area contributed by atoms with Crippen LogP contribution in [-0.4, -0.2) is 45.4 Å². The lowest BCUT2D eigenvalue weighted by atomic mass is 9.84. The summed E-state index contributed by atoms with van der Waals surface area (Å²) in [6.45, 7) is 6.62. The molecule has 0 bridgehead atoms. The summed E-state index contributed by atoms with van der Waals surface area (Å²) in [4.78, 5) is 35.6. The van der Waals surface area contributed by atoms with Gasteiger partial charge in [-0.3, -0.25) is 14.7 Å². The number of allylic oxidation sites excluding steroid dienone is 4. The highest BCUT2D eigenvalue weighted by atomic mass is 35.5. The minimum atomic E-state index is -2.25. The van der Waals surface area contributed by atoms with Gasteiger partial charge in [0, 0.05) is 18.0 Å². The van der Waals surface area contributed by atoms with Crippen LogP contribution in [0.2, 0.25) is 0 Å². The molecule has 2 heterocycles. The number of rotatable bonds is 4. The van der Waals surface area contributed by atoms with Crippen LogP contribution < -0.4 is 0 Å². The van der Waals surface area contributed by atoms with Crippen molar-refractivity contribution in [2.24, 2.45) is 10.9 Å². The molecule has 9 heteroatoms. The molecule has 29 heavy (non-hydrogen) atoms. The minimum absolute atomic E-state index is 0.102. The molecular formula is C20H21ClFN3O3S. The van der Waals surface area contributed by atoms with Crippen molar-refractivity contribution in [1.29, 1.82) is 0 Å². The largest absolute Gasteiger partial charge is 0.463 e. The molecule has 3 atom stereocenters. The molecule has 6 nitrogen and oxygen atoms in total. The number of ether oxygens (including phenoxy) is 1. The second-order valence-corrected chi connectivity index (χ2v) is 8.31. The van der Waals surface area contributed by atoms with E-state index in [1.807, 2.05) is 6.92 Å². The van der Waals surface area contributed by atoms with Crippen LogP contribution in [-0.2, 0) is 14.3 Å². The summed E-state index contributed by atoms with van der Waals surface area (Å²) in [5, 5.41) is 0.310. The molecule has 1 aromatic heterocycles. The van der Waals surface area contributed by atoms with Crippen LogP contribution in [0.25, 0.3) is 0 Å². The number of alkyl halides is 2. The fourth-order valence-corrected chi connectivity index (χ4v) is 4.30. The maximum Gasteiger partial charge on any atom is 0.338 e. The lowest BCUT2D eigenvalue weighted by Gasteiger charge is -2.37. The van der Waals surface area contributed by atoms with Gasteiger partial charge in [-0.1, -0.05) is 29.8 Å². The molecule has 0 saturated carbocycles. The van der Waals surface area contributed by atoms with E-state index in [0.29, 0.717) is 11.4 Å². The van der Waals surface area contributed by atoms with Crippen LogP contribution in [0.15, 0.2) is 45.9 Å². The number of amides is 1. The SMILES string of the molecule is CCOC(=O)C1=C(C)N(C(C)=O)C(c2csc(C)n2)=NC1C1C=CC=CC1(F)Cl. The lowest BCUT2D eigenvalue weighted by Crippen LogP contribution is -2.46. The van der Waals surface area contributed by atoms with Crippen LogP contribution in [0.4, 0.5) is 4.39 Å². The summed E-state index contributed by atoms with van der Waals surface area (Å²) in [7, 11) is 0. The van der Waals surface area contributed by atoms with E-state index < -0.39 is 23.1 Å². The molecule has 3 rings (SSSR count). The van der Waals surface area contributed by atoms with Gasteiger partial charge < -0.3 is 4.74 Å². The maximum absolute atomic E-state index is 15.1. The Morgan fingerprint density at radius 2 is 2.10 bits per heavy atom. The topological polar surface area (TPSA) is 71.9 Å². The molecule has 3 unspecified atom stereocenters. The van der Waals surface area contributed by atoms with Crippen molar-refractivity contribution in [2.75, 3.05) is 6.61 Å². The number of aryl methyl sites for hydroxylation is 1. The fourth-order valence-electron chi connectivity index (χ4n) is 3.44. The number of halogens is 2. The molecule has 0 saturated heterocycles. The van der Waals surface area contributed by atoms with E-state index in [1.54, 1.807) is 31.4 Å². The van der Waals surface area contributed by atoms with E-state index in [4.69, 9.17) is 16.3 Å². The first-order chi connectivity index (χ1) is 13.7. The number of aromatic nitrogens is 1. The van der Waals surface area contributed by atoms with Crippen LogP contribution in [0, 0.1) is 12.8 Å². The van der Waals surface area contributed by atoms with E-state index in [-0.39, 0.29) is 23.9 Å². The zero-order valence-corrected chi connectivity index (χ0v) is 18.1. The number of esters is 1. The Kier molecular flexibility index (Phi) is 6.05. The monoisotopic (exact) mass is 437 g/mol.